The maximum absolute atomic E-state index is 12.8. The normalized spacial score (nSPS) is 13.5. The van der Waals surface area contributed by atoms with E-state index >= 15 is 0 Å². The highest BCUT2D eigenvalue weighted by atomic mass is 35.5. The van der Waals surface area contributed by atoms with Gasteiger partial charge < -0.3 is 10.2 Å². The van der Waals surface area contributed by atoms with E-state index in [9.17, 15) is 4.79 Å². The zero-order valence-corrected chi connectivity index (χ0v) is 18.2. The van der Waals surface area contributed by atoms with Gasteiger partial charge in [-0.1, -0.05) is 35.1 Å². The summed E-state index contributed by atoms with van der Waals surface area (Å²) in [7, 11) is 0. The molecule has 1 aliphatic heterocycles. The van der Waals surface area contributed by atoms with Gasteiger partial charge in [0, 0.05) is 34.1 Å². The van der Waals surface area contributed by atoms with Crippen molar-refractivity contribution in [3.63, 3.8) is 0 Å². The zero-order chi connectivity index (χ0) is 20.8. The molecule has 0 spiro atoms. The molecule has 0 bridgehead atoms. The maximum Gasteiger partial charge on any atom is 0.322 e. The van der Waals surface area contributed by atoms with Gasteiger partial charge in [0.25, 0.3) is 0 Å². The average molecular weight is 438 g/mol. The van der Waals surface area contributed by atoms with Gasteiger partial charge in [-0.15, -0.1) is 5.10 Å². The van der Waals surface area contributed by atoms with Crippen molar-refractivity contribution in [3.05, 3.63) is 69.2 Å². The molecule has 0 radical (unpaired) electrons. The molecule has 8 heteroatoms. The number of aryl methyl sites for hydroxylation is 1. The van der Waals surface area contributed by atoms with E-state index in [2.05, 4.69) is 10.3 Å². The van der Waals surface area contributed by atoms with Crippen LogP contribution in [0, 0.1) is 13.8 Å². The first-order chi connectivity index (χ1) is 14.5. The first-order valence-electron chi connectivity index (χ1n) is 9.75. The molecule has 0 saturated carbocycles. The van der Waals surface area contributed by atoms with Crippen LogP contribution in [0.1, 0.15) is 21.7 Å². The summed E-state index contributed by atoms with van der Waals surface area (Å²) in [5.41, 5.74) is 5.20. The summed E-state index contributed by atoms with van der Waals surface area (Å²) in [5, 5.41) is 8.45. The molecular formula is C22H20ClN5OS. The van der Waals surface area contributed by atoms with Crippen molar-refractivity contribution in [2.45, 2.75) is 26.8 Å². The van der Waals surface area contributed by atoms with Crippen LogP contribution in [0.4, 0.5) is 10.5 Å². The third-order valence-corrected chi connectivity index (χ3v) is 6.87. The summed E-state index contributed by atoms with van der Waals surface area (Å²) < 4.78 is 1.92. The van der Waals surface area contributed by atoms with Gasteiger partial charge in [-0.2, -0.15) is 4.98 Å². The number of thiazole rings is 1. The van der Waals surface area contributed by atoms with Crippen LogP contribution in [0.3, 0.4) is 0 Å². The maximum atomic E-state index is 12.8. The number of anilines is 1. The second-order valence-electron chi connectivity index (χ2n) is 7.46. The molecule has 6 nitrogen and oxygen atoms in total. The van der Waals surface area contributed by atoms with E-state index < -0.39 is 0 Å². The number of urea groups is 1. The van der Waals surface area contributed by atoms with Crippen molar-refractivity contribution in [3.8, 4) is 11.4 Å². The van der Waals surface area contributed by atoms with Crippen LogP contribution in [0.2, 0.25) is 5.02 Å². The molecule has 2 aromatic heterocycles. The molecule has 2 aromatic carbocycles. The summed E-state index contributed by atoms with van der Waals surface area (Å²) in [6.07, 6.45) is 0.749. The molecular weight excluding hydrogens is 418 g/mol. The SMILES string of the molecule is Cc1cccc(NC(=O)N2CCc3c(sc4nc(-c5ccc(Cl)cc5)nn34)C2)c1C. The number of nitrogens with zero attached hydrogens (tertiary/aromatic N) is 4. The lowest BCUT2D eigenvalue weighted by molar-refractivity contribution is 0.206. The number of rotatable bonds is 2. The first kappa shape index (κ1) is 19.1. The lowest BCUT2D eigenvalue weighted by Gasteiger charge is -2.27. The van der Waals surface area contributed by atoms with E-state index in [0.29, 0.717) is 23.9 Å². The third kappa shape index (κ3) is 3.34. The predicted molar refractivity (Wildman–Crippen MR) is 120 cm³/mol. The number of hydrogen-bond donors (Lipinski definition) is 1. The fourth-order valence-corrected chi connectivity index (χ4v) is 4.91. The molecule has 3 heterocycles. The summed E-state index contributed by atoms with van der Waals surface area (Å²) >= 11 is 7.57. The third-order valence-electron chi connectivity index (χ3n) is 5.56. The van der Waals surface area contributed by atoms with E-state index in [0.717, 1.165) is 44.3 Å². The van der Waals surface area contributed by atoms with E-state index in [-0.39, 0.29) is 6.03 Å². The molecule has 4 aromatic rings. The summed E-state index contributed by atoms with van der Waals surface area (Å²) in [4.78, 5) is 21.3. The highest BCUT2D eigenvalue weighted by Gasteiger charge is 2.26. The second kappa shape index (κ2) is 7.41. The molecule has 0 unspecified atom stereocenters. The molecule has 1 aliphatic rings. The Morgan fingerprint density at radius 2 is 1.97 bits per heavy atom. The number of carbonyl (C=O) groups is 1. The molecule has 152 valence electrons. The molecule has 5 rings (SSSR count). The van der Waals surface area contributed by atoms with Crippen molar-refractivity contribution < 1.29 is 4.79 Å². The van der Waals surface area contributed by atoms with Crippen molar-refractivity contribution in [1.82, 2.24) is 19.5 Å². The fourth-order valence-electron chi connectivity index (χ4n) is 3.66. The van der Waals surface area contributed by atoms with Crippen LogP contribution in [0.5, 0.6) is 0 Å². The number of benzene rings is 2. The van der Waals surface area contributed by atoms with Gasteiger partial charge in [-0.25, -0.2) is 9.31 Å². The Kier molecular flexibility index (Phi) is 4.72. The molecule has 30 heavy (non-hydrogen) atoms. The van der Waals surface area contributed by atoms with E-state index in [1.807, 2.05) is 65.7 Å². The molecule has 0 fully saturated rings. The van der Waals surface area contributed by atoms with Crippen LogP contribution in [-0.2, 0) is 13.0 Å². The Morgan fingerprint density at radius 1 is 1.17 bits per heavy atom. The quantitative estimate of drug-likeness (QED) is 0.461. The van der Waals surface area contributed by atoms with E-state index in [4.69, 9.17) is 16.7 Å². The summed E-state index contributed by atoms with van der Waals surface area (Å²) in [6, 6.07) is 13.4. The van der Waals surface area contributed by atoms with Crippen LogP contribution in [0.25, 0.3) is 16.3 Å². The van der Waals surface area contributed by atoms with Crippen molar-refractivity contribution in [1.29, 1.82) is 0 Å². The minimum atomic E-state index is -0.0739. The van der Waals surface area contributed by atoms with Crippen molar-refractivity contribution in [2.75, 3.05) is 11.9 Å². The molecule has 0 aliphatic carbocycles. The second-order valence-corrected chi connectivity index (χ2v) is 8.96. The van der Waals surface area contributed by atoms with Gasteiger partial charge in [0.05, 0.1) is 12.2 Å². The van der Waals surface area contributed by atoms with Crippen LogP contribution >= 0.6 is 22.9 Å². The minimum absolute atomic E-state index is 0.0739. The van der Waals surface area contributed by atoms with Gasteiger partial charge in [0.2, 0.25) is 4.96 Å². The van der Waals surface area contributed by atoms with Gasteiger partial charge in [-0.3, -0.25) is 0 Å². The zero-order valence-electron chi connectivity index (χ0n) is 16.6. The van der Waals surface area contributed by atoms with Crippen LogP contribution in [0.15, 0.2) is 42.5 Å². The number of hydrogen-bond acceptors (Lipinski definition) is 4. The van der Waals surface area contributed by atoms with E-state index in [1.165, 1.54) is 0 Å². The Labute approximate surface area is 183 Å². The van der Waals surface area contributed by atoms with Gasteiger partial charge in [-0.05, 0) is 55.3 Å². The van der Waals surface area contributed by atoms with Crippen LogP contribution in [-0.4, -0.2) is 32.1 Å². The Bertz CT molecular complexity index is 1260. The Hall–Kier alpha value is -2.90. The molecule has 1 N–H and O–H groups in total. The molecule has 2 amide bonds. The number of amides is 2. The monoisotopic (exact) mass is 437 g/mol. The molecule has 0 saturated heterocycles. The Balaban J connectivity index is 1.36. The topological polar surface area (TPSA) is 62.5 Å². The van der Waals surface area contributed by atoms with E-state index in [1.54, 1.807) is 11.3 Å². The number of nitrogens with one attached hydrogen (secondary N) is 1. The lowest BCUT2D eigenvalue weighted by atomic mass is 10.1. The first-order valence-corrected chi connectivity index (χ1v) is 10.9. The predicted octanol–water partition coefficient (Wildman–Crippen LogP) is 5.32. The summed E-state index contributed by atoms with van der Waals surface area (Å²) in [5.74, 6) is 0.691. The highest BCUT2D eigenvalue weighted by molar-refractivity contribution is 7.17. The minimum Gasteiger partial charge on any atom is -0.319 e. The highest BCUT2D eigenvalue weighted by Crippen LogP contribution is 2.30. The smallest absolute Gasteiger partial charge is 0.319 e. The molecule has 0 atom stereocenters. The van der Waals surface area contributed by atoms with Gasteiger partial charge in [0.1, 0.15) is 0 Å². The standard InChI is InChI=1S/C22H20ClN5OS/c1-13-4-3-5-17(14(13)2)24-21(29)27-11-10-18-19(12-27)30-22-25-20(26-28(18)22)15-6-8-16(23)9-7-15/h3-9H,10-12H2,1-2H3,(H,24,29). The van der Waals surface area contributed by atoms with Gasteiger partial charge in [0.15, 0.2) is 5.82 Å². The Morgan fingerprint density at radius 3 is 2.77 bits per heavy atom. The van der Waals surface area contributed by atoms with Crippen molar-refractivity contribution in [2.24, 2.45) is 0 Å². The summed E-state index contributed by atoms with van der Waals surface area (Å²) in [6.45, 7) is 5.28. The fraction of sp³-hybridized carbons (Fsp3) is 0.227. The lowest BCUT2D eigenvalue weighted by Crippen LogP contribution is -2.38. The average Bonchev–Trinajstić information content (AvgIpc) is 3.29. The number of carbonyl (C=O) groups excluding carboxylic acids is 1. The number of halogens is 1. The number of fused-ring (bicyclic) bond motifs is 3. The largest absolute Gasteiger partial charge is 0.322 e. The van der Waals surface area contributed by atoms with Gasteiger partial charge >= 0.3 is 6.03 Å². The van der Waals surface area contributed by atoms with Crippen LogP contribution < -0.4 is 5.32 Å². The number of aromatic nitrogens is 3. The van der Waals surface area contributed by atoms with Crippen molar-refractivity contribution >= 4 is 39.6 Å².